The fourth-order valence-corrected chi connectivity index (χ4v) is 2.80. The van der Waals surface area contributed by atoms with Crippen LogP contribution in [-0.2, 0) is 31.2 Å². The first-order chi connectivity index (χ1) is 9.17. The summed E-state index contributed by atoms with van der Waals surface area (Å²) in [7, 11) is 1.97. The van der Waals surface area contributed by atoms with Gasteiger partial charge < -0.3 is 10.6 Å². The van der Waals surface area contributed by atoms with Gasteiger partial charge in [0.05, 0.1) is 11.7 Å². The van der Waals surface area contributed by atoms with Gasteiger partial charge in [-0.05, 0) is 32.2 Å². The average Bonchev–Trinajstić information content (AvgIpc) is 3.03. The summed E-state index contributed by atoms with van der Waals surface area (Å²) in [5, 5.41) is 10.8. The van der Waals surface area contributed by atoms with Crippen molar-refractivity contribution in [3.63, 3.8) is 0 Å². The molecule has 0 bridgehead atoms. The second-order valence-electron chi connectivity index (χ2n) is 5.07. The number of nitrogens with one attached hydrogen (secondary N) is 2. The maximum atomic E-state index is 12.0. The highest BCUT2D eigenvalue weighted by molar-refractivity contribution is 5.85. The highest BCUT2D eigenvalue weighted by Gasteiger charge is 2.22. The number of carbonyl (C=O) groups excluding carboxylic acids is 1. The van der Waals surface area contributed by atoms with Gasteiger partial charge in [0.15, 0.2) is 0 Å². The van der Waals surface area contributed by atoms with Crippen LogP contribution in [0.3, 0.4) is 0 Å². The molecule has 1 aliphatic heterocycles. The number of aromatic nitrogens is 2. The van der Waals surface area contributed by atoms with Gasteiger partial charge >= 0.3 is 0 Å². The first-order valence-electron chi connectivity index (χ1n) is 7.22. The molecule has 1 atom stereocenters. The molecule has 1 amide bonds. The molecule has 6 heteroatoms. The Hall–Kier alpha value is -1.07. The van der Waals surface area contributed by atoms with Gasteiger partial charge in [-0.1, -0.05) is 13.8 Å². The fourth-order valence-electron chi connectivity index (χ4n) is 2.80. The minimum absolute atomic E-state index is 0. The Morgan fingerprint density at radius 3 is 2.75 bits per heavy atom. The molecule has 0 saturated carbocycles. The molecule has 0 spiro atoms. The predicted octanol–water partition coefficient (Wildman–Crippen LogP) is 1.33. The maximum Gasteiger partial charge on any atom is 0.237 e. The average molecular weight is 301 g/mol. The number of amides is 1. The summed E-state index contributed by atoms with van der Waals surface area (Å²) >= 11 is 0. The minimum Gasteiger partial charge on any atom is -0.351 e. The number of aryl methyl sites for hydroxylation is 2. The Labute approximate surface area is 126 Å². The fraction of sp³-hybridized carbons (Fsp3) is 0.714. The molecular weight excluding hydrogens is 276 g/mol. The van der Waals surface area contributed by atoms with Crippen molar-refractivity contribution in [2.24, 2.45) is 7.05 Å². The van der Waals surface area contributed by atoms with Crippen LogP contribution in [0.25, 0.3) is 0 Å². The molecule has 0 aliphatic carbocycles. The first kappa shape index (κ1) is 17.0. The maximum absolute atomic E-state index is 12.0. The van der Waals surface area contributed by atoms with Crippen LogP contribution in [-0.4, -0.2) is 28.3 Å². The van der Waals surface area contributed by atoms with Crippen molar-refractivity contribution in [1.29, 1.82) is 0 Å². The Morgan fingerprint density at radius 1 is 1.45 bits per heavy atom. The second kappa shape index (κ2) is 7.64. The van der Waals surface area contributed by atoms with Gasteiger partial charge in [0.1, 0.15) is 0 Å². The molecule has 1 saturated heterocycles. The molecule has 1 fully saturated rings. The van der Waals surface area contributed by atoms with Crippen molar-refractivity contribution in [2.75, 3.05) is 6.54 Å². The summed E-state index contributed by atoms with van der Waals surface area (Å²) in [5.41, 5.74) is 3.51. The van der Waals surface area contributed by atoms with E-state index in [1.165, 1.54) is 11.3 Å². The number of nitrogens with zero attached hydrogens (tertiary/aromatic N) is 2. The van der Waals surface area contributed by atoms with Gasteiger partial charge in [-0.25, -0.2) is 0 Å². The SMILES string of the molecule is CCc1nn(C)c(CC)c1CNC(=O)C1CCCN1.Cl. The van der Waals surface area contributed by atoms with E-state index in [-0.39, 0.29) is 24.4 Å². The molecule has 2 N–H and O–H groups in total. The van der Waals surface area contributed by atoms with E-state index < -0.39 is 0 Å². The summed E-state index contributed by atoms with van der Waals surface area (Å²) in [4.78, 5) is 12.0. The number of halogens is 1. The van der Waals surface area contributed by atoms with E-state index in [1.807, 2.05) is 11.7 Å². The summed E-state index contributed by atoms with van der Waals surface area (Å²) in [6, 6.07) is -0.00757. The van der Waals surface area contributed by atoms with Crippen molar-refractivity contribution in [3.8, 4) is 0 Å². The summed E-state index contributed by atoms with van der Waals surface area (Å²) in [6.07, 6.45) is 3.88. The molecule has 2 heterocycles. The Bertz CT molecular complexity index is 452. The van der Waals surface area contributed by atoms with Crippen LogP contribution in [0.15, 0.2) is 0 Å². The zero-order chi connectivity index (χ0) is 13.8. The molecular formula is C14H25ClN4O. The van der Waals surface area contributed by atoms with Gasteiger partial charge in [-0.3, -0.25) is 9.48 Å². The Balaban J connectivity index is 0.00000200. The number of hydrogen-bond donors (Lipinski definition) is 2. The van der Waals surface area contributed by atoms with E-state index >= 15 is 0 Å². The number of rotatable bonds is 5. The van der Waals surface area contributed by atoms with Gasteiger partial charge in [-0.15, -0.1) is 12.4 Å². The standard InChI is InChI=1S/C14H24N4O.ClH/c1-4-11-10(13(5-2)18(3)17-11)9-16-14(19)12-7-6-8-15-12;/h12,15H,4-9H2,1-3H3,(H,16,19);1H. The van der Waals surface area contributed by atoms with E-state index in [1.54, 1.807) is 0 Å². The molecule has 0 aromatic carbocycles. The molecule has 5 nitrogen and oxygen atoms in total. The third-order valence-corrected chi connectivity index (χ3v) is 3.84. The van der Waals surface area contributed by atoms with E-state index in [2.05, 4.69) is 29.6 Å². The lowest BCUT2D eigenvalue weighted by Crippen LogP contribution is -2.40. The lowest BCUT2D eigenvalue weighted by Gasteiger charge is -2.12. The molecule has 1 aromatic rings. The lowest BCUT2D eigenvalue weighted by atomic mass is 10.1. The Morgan fingerprint density at radius 2 is 2.20 bits per heavy atom. The molecule has 20 heavy (non-hydrogen) atoms. The molecule has 2 rings (SSSR count). The molecule has 1 aliphatic rings. The van der Waals surface area contributed by atoms with Gasteiger partial charge in [-0.2, -0.15) is 5.10 Å². The van der Waals surface area contributed by atoms with E-state index in [0.29, 0.717) is 6.54 Å². The highest BCUT2D eigenvalue weighted by atomic mass is 35.5. The predicted molar refractivity (Wildman–Crippen MR) is 82.1 cm³/mol. The summed E-state index contributed by atoms with van der Waals surface area (Å²) in [6.45, 7) is 5.77. The van der Waals surface area contributed by atoms with E-state index in [4.69, 9.17) is 0 Å². The topological polar surface area (TPSA) is 59.0 Å². The molecule has 1 aromatic heterocycles. The smallest absolute Gasteiger partial charge is 0.237 e. The summed E-state index contributed by atoms with van der Waals surface area (Å²) in [5.74, 6) is 0.116. The van der Waals surface area contributed by atoms with Crippen LogP contribution in [0, 0.1) is 0 Å². The van der Waals surface area contributed by atoms with Crippen molar-refractivity contribution >= 4 is 18.3 Å². The molecule has 1 unspecified atom stereocenters. The summed E-state index contributed by atoms with van der Waals surface area (Å²) < 4.78 is 1.94. The zero-order valence-electron chi connectivity index (χ0n) is 12.5. The quantitative estimate of drug-likeness (QED) is 0.862. The van der Waals surface area contributed by atoms with Crippen molar-refractivity contribution in [2.45, 2.75) is 52.1 Å². The lowest BCUT2D eigenvalue weighted by molar-refractivity contribution is -0.122. The highest BCUT2D eigenvalue weighted by Crippen LogP contribution is 2.15. The van der Waals surface area contributed by atoms with E-state index in [9.17, 15) is 4.79 Å². The molecule has 114 valence electrons. The van der Waals surface area contributed by atoms with Crippen molar-refractivity contribution in [3.05, 3.63) is 17.0 Å². The largest absolute Gasteiger partial charge is 0.351 e. The monoisotopic (exact) mass is 300 g/mol. The van der Waals surface area contributed by atoms with Crippen LogP contribution in [0.2, 0.25) is 0 Å². The first-order valence-corrected chi connectivity index (χ1v) is 7.22. The van der Waals surface area contributed by atoms with Crippen LogP contribution < -0.4 is 10.6 Å². The minimum atomic E-state index is -0.00757. The van der Waals surface area contributed by atoms with Gasteiger partial charge in [0, 0.05) is 24.8 Å². The van der Waals surface area contributed by atoms with Crippen LogP contribution in [0.4, 0.5) is 0 Å². The van der Waals surface area contributed by atoms with E-state index in [0.717, 1.165) is 37.9 Å². The van der Waals surface area contributed by atoms with Crippen molar-refractivity contribution in [1.82, 2.24) is 20.4 Å². The normalized spacial score (nSPS) is 17.9. The Kier molecular flexibility index (Phi) is 6.49. The number of carbonyl (C=O) groups is 1. The third-order valence-electron chi connectivity index (χ3n) is 3.84. The van der Waals surface area contributed by atoms with Crippen LogP contribution >= 0.6 is 12.4 Å². The van der Waals surface area contributed by atoms with Crippen LogP contribution in [0.1, 0.15) is 43.6 Å². The van der Waals surface area contributed by atoms with Crippen LogP contribution in [0.5, 0.6) is 0 Å². The zero-order valence-corrected chi connectivity index (χ0v) is 13.3. The molecule has 0 radical (unpaired) electrons. The third kappa shape index (κ3) is 3.52. The van der Waals surface area contributed by atoms with Gasteiger partial charge in [0.2, 0.25) is 5.91 Å². The van der Waals surface area contributed by atoms with Crippen molar-refractivity contribution < 1.29 is 4.79 Å². The van der Waals surface area contributed by atoms with Gasteiger partial charge in [0.25, 0.3) is 0 Å². The second-order valence-corrected chi connectivity index (χ2v) is 5.07. The number of hydrogen-bond acceptors (Lipinski definition) is 3.